The standard InChI is InChI=1S/C12H7ClF3N5/c1-21-4-7(8-9(13)19-5-20-11(8)21)10-17-2-6(3-18-10)12(14,15)16/h2-5H,1H3. The molecule has 0 aliphatic rings. The van der Waals surface area contributed by atoms with Crippen molar-refractivity contribution in [1.29, 1.82) is 0 Å². The molecule has 0 atom stereocenters. The second kappa shape index (κ2) is 4.66. The minimum absolute atomic E-state index is 0.130. The second-order valence-electron chi connectivity index (χ2n) is 4.31. The molecular formula is C12H7ClF3N5. The minimum atomic E-state index is -4.47. The lowest BCUT2D eigenvalue weighted by Gasteiger charge is -2.05. The average Bonchev–Trinajstić information content (AvgIpc) is 2.77. The van der Waals surface area contributed by atoms with Crippen LogP contribution in [0.25, 0.3) is 22.4 Å². The molecule has 0 unspecified atom stereocenters. The van der Waals surface area contributed by atoms with Crippen molar-refractivity contribution < 1.29 is 13.2 Å². The summed E-state index contributed by atoms with van der Waals surface area (Å²) in [5.41, 5.74) is 0.120. The predicted octanol–water partition coefficient (Wildman–Crippen LogP) is 3.10. The SMILES string of the molecule is Cn1cc(-c2ncc(C(F)(F)F)cn2)c2c(Cl)ncnc21. The van der Waals surface area contributed by atoms with Gasteiger partial charge in [-0.15, -0.1) is 0 Å². The molecule has 0 saturated carbocycles. The third-order valence-corrected chi connectivity index (χ3v) is 3.21. The number of aromatic nitrogens is 5. The largest absolute Gasteiger partial charge is 0.419 e. The maximum atomic E-state index is 12.5. The summed E-state index contributed by atoms with van der Waals surface area (Å²) in [4.78, 5) is 15.5. The molecule has 0 aliphatic heterocycles. The lowest BCUT2D eigenvalue weighted by atomic mass is 10.2. The topological polar surface area (TPSA) is 56.5 Å². The summed E-state index contributed by atoms with van der Waals surface area (Å²) < 4.78 is 39.2. The van der Waals surface area contributed by atoms with Crippen molar-refractivity contribution in [3.8, 4) is 11.4 Å². The molecule has 3 heterocycles. The number of alkyl halides is 3. The maximum absolute atomic E-state index is 12.5. The van der Waals surface area contributed by atoms with E-state index >= 15 is 0 Å². The number of nitrogens with zero attached hydrogens (tertiary/aromatic N) is 5. The summed E-state index contributed by atoms with van der Waals surface area (Å²) in [5.74, 6) is 0.130. The third kappa shape index (κ3) is 2.31. The fraction of sp³-hybridized carbons (Fsp3) is 0.167. The number of fused-ring (bicyclic) bond motifs is 1. The van der Waals surface area contributed by atoms with Crippen molar-refractivity contribution in [3.63, 3.8) is 0 Å². The molecular weight excluding hydrogens is 307 g/mol. The Labute approximate surface area is 121 Å². The van der Waals surface area contributed by atoms with E-state index in [9.17, 15) is 13.2 Å². The Kier molecular flexibility index (Phi) is 3.05. The molecule has 3 rings (SSSR count). The van der Waals surface area contributed by atoms with Crippen LogP contribution < -0.4 is 0 Å². The van der Waals surface area contributed by atoms with Crippen molar-refractivity contribution in [2.45, 2.75) is 6.18 Å². The second-order valence-corrected chi connectivity index (χ2v) is 4.67. The van der Waals surface area contributed by atoms with Crippen molar-refractivity contribution in [3.05, 3.63) is 35.6 Å². The van der Waals surface area contributed by atoms with Gasteiger partial charge in [0.15, 0.2) is 5.82 Å². The first-order valence-corrected chi connectivity index (χ1v) is 6.11. The van der Waals surface area contributed by atoms with E-state index in [4.69, 9.17) is 11.6 Å². The van der Waals surface area contributed by atoms with Crippen molar-refractivity contribution >= 4 is 22.6 Å². The smallest absolute Gasteiger partial charge is 0.335 e. The van der Waals surface area contributed by atoms with E-state index in [1.165, 1.54) is 6.33 Å². The van der Waals surface area contributed by atoms with E-state index in [1.54, 1.807) is 17.8 Å². The van der Waals surface area contributed by atoms with E-state index in [0.29, 0.717) is 16.6 Å². The Morgan fingerprint density at radius 3 is 2.38 bits per heavy atom. The van der Waals surface area contributed by atoms with Gasteiger partial charge in [-0.1, -0.05) is 11.6 Å². The van der Waals surface area contributed by atoms with Gasteiger partial charge in [0, 0.05) is 31.2 Å². The van der Waals surface area contributed by atoms with Crippen LogP contribution in [0, 0.1) is 0 Å². The van der Waals surface area contributed by atoms with Crippen LogP contribution in [0.2, 0.25) is 5.15 Å². The normalized spacial score (nSPS) is 12.0. The number of rotatable bonds is 1. The quantitative estimate of drug-likeness (QED) is 0.648. The first-order chi connectivity index (χ1) is 9.88. The molecule has 0 saturated heterocycles. The Bertz CT molecular complexity index is 810. The van der Waals surface area contributed by atoms with E-state index in [0.717, 1.165) is 12.4 Å². The van der Waals surface area contributed by atoms with Crippen LogP contribution in [-0.2, 0) is 13.2 Å². The molecule has 21 heavy (non-hydrogen) atoms. The molecule has 3 aromatic rings. The summed E-state index contributed by atoms with van der Waals surface area (Å²) in [6.45, 7) is 0. The highest BCUT2D eigenvalue weighted by atomic mass is 35.5. The van der Waals surface area contributed by atoms with E-state index < -0.39 is 11.7 Å². The van der Waals surface area contributed by atoms with Crippen LogP contribution in [0.5, 0.6) is 0 Å². The lowest BCUT2D eigenvalue weighted by Crippen LogP contribution is -2.06. The van der Waals surface area contributed by atoms with Crippen LogP contribution in [-0.4, -0.2) is 24.5 Å². The molecule has 0 amide bonds. The van der Waals surface area contributed by atoms with Crippen molar-refractivity contribution in [2.24, 2.45) is 7.05 Å². The monoisotopic (exact) mass is 313 g/mol. The highest BCUT2D eigenvalue weighted by molar-refractivity contribution is 6.35. The van der Waals surface area contributed by atoms with Crippen molar-refractivity contribution in [2.75, 3.05) is 0 Å². The summed E-state index contributed by atoms with van der Waals surface area (Å²) in [6, 6.07) is 0. The number of aryl methyl sites for hydroxylation is 1. The molecule has 0 aromatic carbocycles. The summed E-state index contributed by atoms with van der Waals surface area (Å²) >= 11 is 6.03. The fourth-order valence-electron chi connectivity index (χ4n) is 1.96. The minimum Gasteiger partial charge on any atom is -0.335 e. The first kappa shape index (κ1) is 13.7. The zero-order valence-electron chi connectivity index (χ0n) is 10.6. The van der Waals surface area contributed by atoms with Crippen LogP contribution in [0.3, 0.4) is 0 Å². The molecule has 0 fully saturated rings. The molecule has 3 aromatic heterocycles. The third-order valence-electron chi connectivity index (χ3n) is 2.93. The molecule has 9 heteroatoms. The molecule has 0 N–H and O–H groups in total. The molecule has 0 aliphatic carbocycles. The van der Waals surface area contributed by atoms with E-state index in [2.05, 4.69) is 19.9 Å². The molecule has 108 valence electrons. The Balaban J connectivity index is 2.17. The van der Waals surface area contributed by atoms with Crippen LogP contribution in [0.15, 0.2) is 24.9 Å². The lowest BCUT2D eigenvalue weighted by molar-refractivity contribution is -0.138. The van der Waals surface area contributed by atoms with E-state index in [-0.39, 0.29) is 11.0 Å². The predicted molar refractivity (Wildman–Crippen MR) is 69.5 cm³/mol. The van der Waals surface area contributed by atoms with Crippen LogP contribution >= 0.6 is 11.6 Å². The van der Waals surface area contributed by atoms with Gasteiger partial charge in [0.25, 0.3) is 0 Å². The molecule has 0 bridgehead atoms. The van der Waals surface area contributed by atoms with E-state index in [1.807, 2.05) is 0 Å². The van der Waals surface area contributed by atoms with Gasteiger partial charge in [-0.05, 0) is 0 Å². The summed E-state index contributed by atoms with van der Waals surface area (Å²) in [7, 11) is 1.74. The van der Waals surface area contributed by atoms with Gasteiger partial charge in [-0.25, -0.2) is 19.9 Å². The zero-order chi connectivity index (χ0) is 15.2. The Hall–Kier alpha value is -2.22. The molecule has 0 spiro atoms. The van der Waals surface area contributed by atoms with Gasteiger partial charge >= 0.3 is 6.18 Å². The highest BCUT2D eigenvalue weighted by Crippen LogP contribution is 2.32. The van der Waals surface area contributed by atoms with Gasteiger partial charge in [-0.2, -0.15) is 13.2 Å². The number of hydrogen-bond acceptors (Lipinski definition) is 4. The molecule has 5 nitrogen and oxygen atoms in total. The Morgan fingerprint density at radius 1 is 1.10 bits per heavy atom. The summed E-state index contributed by atoms with van der Waals surface area (Å²) in [6.07, 6.45) is -0.0499. The van der Waals surface area contributed by atoms with Crippen molar-refractivity contribution in [1.82, 2.24) is 24.5 Å². The van der Waals surface area contributed by atoms with Gasteiger partial charge in [0.1, 0.15) is 17.1 Å². The van der Waals surface area contributed by atoms with Crippen LogP contribution in [0.4, 0.5) is 13.2 Å². The van der Waals surface area contributed by atoms with Gasteiger partial charge in [0.2, 0.25) is 0 Å². The Morgan fingerprint density at radius 2 is 1.76 bits per heavy atom. The van der Waals surface area contributed by atoms with Gasteiger partial charge in [0.05, 0.1) is 10.9 Å². The molecule has 0 radical (unpaired) electrons. The van der Waals surface area contributed by atoms with Gasteiger partial charge in [-0.3, -0.25) is 0 Å². The number of hydrogen-bond donors (Lipinski definition) is 0. The summed E-state index contributed by atoms with van der Waals surface area (Å²) in [5, 5.41) is 0.695. The number of halogens is 4. The first-order valence-electron chi connectivity index (χ1n) is 5.73. The van der Waals surface area contributed by atoms with Crippen LogP contribution in [0.1, 0.15) is 5.56 Å². The maximum Gasteiger partial charge on any atom is 0.419 e. The fourth-order valence-corrected chi connectivity index (χ4v) is 2.19. The average molecular weight is 314 g/mol. The van der Waals surface area contributed by atoms with Gasteiger partial charge < -0.3 is 4.57 Å². The zero-order valence-corrected chi connectivity index (χ0v) is 11.3. The highest BCUT2D eigenvalue weighted by Gasteiger charge is 2.31.